The molecular formula is C27H24N6OS. The first-order valence-corrected chi connectivity index (χ1v) is 12.2. The number of thioether (sulfide) groups is 1. The molecule has 0 spiro atoms. The lowest BCUT2D eigenvalue weighted by Crippen LogP contribution is -2.17. The van der Waals surface area contributed by atoms with Crippen LogP contribution in [-0.2, 0) is 11.8 Å². The summed E-state index contributed by atoms with van der Waals surface area (Å²) in [6, 6.07) is 29.6. The van der Waals surface area contributed by atoms with Crippen LogP contribution in [0.25, 0.3) is 28.3 Å². The molecule has 174 valence electrons. The summed E-state index contributed by atoms with van der Waals surface area (Å²) in [6.07, 6.45) is 0. The molecule has 0 aliphatic heterocycles. The Labute approximate surface area is 207 Å². The second-order valence-corrected chi connectivity index (χ2v) is 8.99. The number of para-hydroxylation sites is 1. The molecule has 0 saturated carbocycles. The summed E-state index contributed by atoms with van der Waals surface area (Å²) in [4.78, 5) is 12.9. The molecule has 7 nitrogen and oxygen atoms in total. The van der Waals surface area contributed by atoms with Gasteiger partial charge in [0.1, 0.15) is 5.82 Å². The zero-order valence-corrected chi connectivity index (χ0v) is 20.2. The van der Waals surface area contributed by atoms with Crippen molar-refractivity contribution in [1.82, 2.24) is 24.5 Å². The fourth-order valence-electron chi connectivity index (χ4n) is 3.79. The number of carbonyl (C=O) groups is 1. The largest absolute Gasteiger partial charge is 0.310 e. The molecule has 5 rings (SSSR count). The smallest absolute Gasteiger partial charge is 0.236 e. The average molecular weight is 481 g/mol. The highest BCUT2D eigenvalue weighted by Crippen LogP contribution is 2.27. The number of aryl methyl sites for hydroxylation is 1. The third-order valence-electron chi connectivity index (χ3n) is 5.60. The van der Waals surface area contributed by atoms with E-state index < -0.39 is 0 Å². The maximum atomic E-state index is 12.9. The quantitative estimate of drug-likeness (QED) is 0.317. The third-order valence-corrected chi connectivity index (χ3v) is 6.62. The lowest BCUT2D eigenvalue weighted by atomic mass is 10.1. The van der Waals surface area contributed by atoms with Crippen LogP contribution in [0.1, 0.15) is 5.56 Å². The van der Waals surface area contributed by atoms with Gasteiger partial charge in [0.25, 0.3) is 0 Å². The zero-order chi connectivity index (χ0) is 24.2. The van der Waals surface area contributed by atoms with E-state index in [9.17, 15) is 4.79 Å². The summed E-state index contributed by atoms with van der Waals surface area (Å²) >= 11 is 1.35. The number of carbonyl (C=O) groups excluding carboxylic acids is 1. The minimum Gasteiger partial charge on any atom is -0.310 e. The summed E-state index contributed by atoms with van der Waals surface area (Å²) in [7, 11) is 1.92. The lowest BCUT2D eigenvalue weighted by molar-refractivity contribution is -0.113. The van der Waals surface area contributed by atoms with Crippen LogP contribution in [0.4, 0.5) is 5.82 Å². The fraction of sp³-hybridized carbons (Fsp3) is 0.111. The van der Waals surface area contributed by atoms with Crippen molar-refractivity contribution >= 4 is 23.5 Å². The van der Waals surface area contributed by atoms with E-state index in [1.54, 1.807) is 4.68 Å². The summed E-state index contributed by atoms with van der Waals surface area (Å²) in [5.41, 5.74) is 4.79. The summed E-state index contributed by atoms with van der Waals surface area (Å²) in [6.45, 7) is 2.05. The number of nitrogens with zero attached hydrogens (tertiary/aromatic N) is 5. The standard InChI is InChI=1S/C27H24N6OS/c1-19-11-9-10-16-22(19)26-29-30-27(32(26)2)35-18-25(34)28-24-17-23(20-12-5-3-6-13-20)31-33(24)21-14-7-4-8-15-21/h3-17H,18H2,1-2H3,(H,28,34). The minimum atomic E-state index is -0.146. The molecule has 0 fully saturated rings. The van der Waals surface area contributed by atoms with Gasteiger partial charge < -0.3 is 9.88 Å². The van der Waals surface area contributed by atoms with E-state index in [-0.39, 0.29) is 11.7 Å². The van der Waals surface area contributed by atoms with E-state index in [4.69, 9.17) is 5.10 Å². The van der Waals surface area contributed by atoms with Crippen molar-refractivity contribution < 1.29 is 4.79 Å². The van der Waals surface area contributed by atoms with Gasteiger partial charge in [0, 0.05) is 24.2 Å². The number of hydrogen-bond donors (Lipinski definition) is 1. The van der Waals surface area contributed by atoms with Gasteiger partial charge >= 0.3 is 0 Å². The number of rotatable bonds is 7. The fourth-order valence-corrected chi connectivity index (χ4v) is 4.51. The normalized spacial score (nSPS) is 10.9. The Bertz CT molecular complexity index is 1460. The Morgan fingerprint density at radius 1 is 0.914 bits per heavy atom. The second-order valence-electron chi connectivity index (χ2n) is 8.05. The number of hydrogen-bond acceptors (Lipinski definition) is 5. The van der Waals surface area contributed by atoms with Gasteiger partial charge in [-0.2, -0.15) is 5.10 Å². The Hall–Kier alpha value is -4.17. The van der Waals surface area contributed by atoms with Gasteiger partial charge in [0.2, 0.25) is 5.91 Å². The van der Waals surface area contributed by atoms with Gasteiger partial charge in [-0.25, -0.2) is 4.68 Å². The molecule has 0 bridgehead atoms. The molecule has 3 aromatic carbocycles. The molecule has 0 unspecified atom stereocenters. The second kappa shape index (κ2) is 9.99. The number of anilines is 1. The molecule has 0 aliphatic rings. The predicted molar refractivity (Wildman–Crippen MR) is 140 cm³/mol. The van der Waals surface area contributed by atoms with Crippen molar-refractivity contribution in [1.29, 1.82) is 0 Å². The van der Waals surface area contributed by atoms with Crippen LogP contribution < -0.4 is 5.32 Å². The average Bonchev–Trinajstić information content (AvgIpc) is 3.47. The number of aromatic nitrogens is 5. The maximum absolute atomic E-state index is 12.9. The highest BCUT2D eigenvalue weighted by Gasteiger charge is 2.17. The van der Waals surface area contributed by atoms with Crippen LogP contribution in [0.2, 0.25) is 0 Å². The predicted octanol–water partition coefficient (Wildman–Crippen LogP) is 5.37. The first-order chi connectivity index (χ1) is 17.1. The Balaban J connectivity index is 1.34. The SMILES string of the molecule is Cc1ccccc1-c1nnc(SCC(=O)Nc2cc(-c3ccccc3)nn2-c2ccccc2)n1C. The van der Waals surface area contributed by atoms with E-state index in [0.29, 0.717) is 11.0 Å². The Morgan fingerprint density at radius 3 is 2.34 bits per heavy atom. The topological polar surface area (TPSA) is 77.6 Å². The molecule has 8 heteroatoms. The molecule has 1 amide bonds. The van der Waals surface area contributed by atoms with Crippen LogP contribution in [0.3, 0.4) is 0 Å². The number of nitrogens with one attached hydrogen (secondary N) is 1. The molecular weight excluding hydrogens is 456 g/mol. The van der Waals surface area contributed by atoms with Gasteiger partial charge in [-0.15, -0.1) is 10.2 Å². The minimum absolute atomic E-state index is 0.146. The van der Waals surface area contributed by atoms with Crippen LogP contribution in [0, 0.1) is 6.92 Å². The highest BCUT2D eigenvalue weighted by atomic mass is 32.2. The van der Waals surface area contributed by atoms with Gasteiger partial charge in [-0.05, 0) is 24.6 Å². The van der Waals surface area contributed by atoms with Crippen molar-refractivity contribution in [3.05, 3.63) is 96.6 Å². The summed E-state index contributed by atoms with van der Waals surface area (Å²) in [5, 5.41) is 17.1. The first-order valence-electron chi connectivity index (χ1n) is 11.2. The molecule has 0 aliphatic carbocycles. The van der Waals surface area contributed by atoms with E-state index in [2.05, 4.69) is 15.5 Å². The van der Waals surface area contributed by atoms with Gasteiger partial charge in [-0.1, -0.05) is 84.6 Å². The lowest BCUT2D eigenvalue weighted by Gasteiger charge is -2.09. The molecule has 2 heterocycles. The Morgan fingerprint density at radius 2 is 1.60 bits per heavy atom. The van der Waals surface area contributed by atoms with E-state index >= 15 is 0 Å². The molecule has 2 aromatic heterocycles. The molecule has 35 heavy (non-hydrogen) atoms. The summed E-state index contributed by atoms with van der Waals surface area (Å²) < 4.78 is 3.67. The highest BCUT2D eigenvalue weighted by molar-refractivity contribution is 7.99. The molecule has 5 aromatic rings. The number of amides is 1. The monoisotopic (exact) mass is 480 g/mol. The van der Waals surface area contributed by atoms with Crippen molar-refractivity contribution in [2.24, 2.45) is 7.05 Å². The molecule has 0 atom stereocenters. The Kier molecular flexibility index (Phi) is 6.45. The van der Waals surface area contributed by atoms with Crippen molar-refractivity contribution in [3.63, 3.8) is 0 Å². The van der Waals surface area contributed by atoms with Gasteiger partial charge in [-0.3, -0.25) is 4.79 Å². The van der Waals surface area contributed by atoms with Gasteiger partial charge in [0.05, 0.1) is 17.1 Å². The van der Waals surface area contributed by atoms with Crippen LogP contribution in [0.5, 0.6) is 0 Å². The van der Waals surface area contributed by atoms with Crippen molar-refractivity contribution in [2.75, 3.05) is 11.1 Å². The zero-order valence-electron chi connectivity index (χ0n) is 19.4. The maximum Gasteiger partial charge on any atom is 0.236 e. The van der Waals surface area contributed by atoms with Crippen molar-refractivity contribution in [2.45, 2.75) is 12.1 Å². The van der Waals surface area contributed by atoms with Gasteiger partial charge in [0.15, 0.2) is 11.0 Å². The summed E-state index contributed by atoms with van der Waals surface area (Å²) in [5.74, 6) is 1.44. The first kappa shape index (κ1) is 22.6. The van der Waals surface area contributed by atoms with Crippen molar-refractivity contribution in [3.8, 4) is 28.3 Å². The van der Waals surface area contributed by atoms with Crippen LogP contribution in [-0.4, -0.2) is 36.2 Å². The molecule has 0 saturated heterocycles. The third kappa shape index (κ3) is 4.88. The number of benzene rings is 3. The molecule has 1 N–H and O–H groups in total. The van der Waals surface area contributed by atoms with Crippen LogP contribution >= 0.6 is 11.8 Å². The van der Waals surface area contributed by atoms with Crippen LogP contribution in [0.15, 0.2) is 96.2 Å². The van der Waals surface area contributed by atoms with E-state index in [0.717, 1.165) is 33.9 Å². The van der Waals surface area contributed by atoms with E-state index in [1.165, 1.54) is 11.8 Å². The molecule has 0 radical (unpaired) electrons. The van der Waals surface area contributed by atoms with E-state index in [1.807, 2.05) is 110 Å².